The summed E-state index contributed by atoms with van der Waals surface area (Å²) in [7, 11) is 0. The minimum absolute atomic E-state index is 0.105. The van der Waals surface area contributed by atoms with E-state index in [0.29, 0.717) is 18.4 Å². The Morgan fingerprint density at radius 3 is 2.62 bits per heavy atom. The minimum atomic E-state index is 0.105. The van der Waals surface area contributed by atoms with Crippen molar-refractivity contribution in [1.82, 2.24) is 5.32 Å². The van der Waals surface area contributed by atoms with E-state index in [9.17, 15) is 4.79 Å². The topological polar surface area (TPSA) is 55.1 Å². The molecule has 0 radical (unpaired) electrons. The Hall–Kier alpha value is -1.35. The number of carbonyl (C=O) groups is 1. The highest BCUT2D eigenvalue weighted by atomic mass is 16.2. The number of rotatable bonds is 6. The van der Waals surface area contributed by atoms with Gasteiger partial charge in [0.25, 0.3) is 0 Å². The van der Waals surface area contributed by atoms with Crippen LogP contribution in [0, 0.1) is 17.8 Å². The molecule has 0 heterocycles. The van der Waals surface area contributed by atoms with Crippen LogP contribution in [-0.2, 0) is 4.79 Å². The van der Waals surface area contributed by atoms with Gasteiger partial charge in [-0.2, -0.15) is 0 Å². The summed E-state index contributed by atoms with van der Waals surface area (Å²) in [5.74, 6) is 1.20. The number of hydrogen-bond acceptors (Lipinski definition) is 2. The van der Waals surface area contributed by atoms with Crippen molar-refractivity contribution in [3.63, 3.8) is 0 Å². The molecule has 3 nitrogen and oxygen atoms in total. The van der Waals surface area contributed by atoms with Crippen LogP contribution in [0.1, 0.15) is 51.1 Å². The molecular weight excluding hydrogens is 260 g/mol. The predicted octanol–water partition coefficient (Wildman–Crippen LogP) is 3.27. The summed E-state index contributed by atoms with van der Waals surface area (Å²) >= 11 is 0. The third-order valence-corrected chi connectivity index (χ3v) is 4.52. The van der Waals surface area contributed by atoms with Crippen LogP contribution in [0.3, 0.4) is 0 Å². The molecule has 3 atom stereocenters. The van der Waals surface area contributed by atoms with Crippen LogP contribution < -0.4 is 11.1 Å². The fourth-order valence-corrected chi connectivity index (χ4v) is 3.38. The van der Waals surface area contributed by atoms with Crippen LogP contribution >= 0.6 is 0 Å². The molecule has 0 bridgehead atoms. The Balaban J connectivity index is 2.06. The van der Waals surface area contributed by atoms with E-state index in [2.05, 4.69) is 31.3 Å². The second-order valence-corrected chi connectivity index (χ2v) is 6.63. The second-order valence-electron chi connectivity index (χ2n) is 6.63. The van der Waals surface area contributed by atoms with Gasteiger partial charge in [0, 0.05) is 5.92 Å². The highest BCUT2D eigenvalue weighted by molar-refractivity contribution is 5.79. The van der Waals surface area contributed by atoms with Gasteiger partial charge >= 0.3 is 0 Å². The number of amides is 1. The zero-order chi connectivity index (χ0) is 15.2. The van der Waals surface area contributed by atoms with E-state index in [1.54, 1.807) is 0 Å². The molecule has 0 spiro atoms. The van der Waals surface area contributed by atoms with Gasteiger partial charge in [0.05, 0.1) is 6.04 Å². The maximum absolute atomic E-state index is 12.6. The number of nitrogens with two attached hydrogens (primary N) is 1. The average Bonchev–Trinajstić information content (AvgIpc) is 2.95. The van der Waals surface area contributed by atoms with Gasteiger partial charge in [-0.15, -0.1) is 0 Å². The molecule has 0 saturated heterocycles. The van der Waals surface area contributed by atoms with E-state index in [0.717, 1.165) is 25.7 Å². The lowest BCUT2D eigenvalue weighted by Crippen LogP contribution is -2.37. The van der Waals surface area contributed by atoms with Gasteiger partial charge in [-0.1, -0.05) is 50.6 Å². The lowest BCUT2D eigenvalue weighted by molar-refractivity contribution is -0.126. The molecule has 1 aliphatic rings. The highest BCUT2D eigenvalue weighted by Crippen LogP contribution is 2.32. The van der Waals surface area contributed by atoms with Gasteiger partial charge in [-0.05, 0) is 43.2 Å². The van der Waals surface area contributed by atoms with Gasteiger partial charge in [-0.3, -0.25) is 4.79 Å². The molecule has 2 rings (SSSR count). The Morgan fingerprint density at radius 2 is 2.00 bits per heavy atom. The van der Waals surface area contributed by atoms with Crippen LogP contribution in [0.25, 0.3) is 0 Å². The standard InChI is InChI=1S/C18H28N2O/c1-13(2)11-17(14-7-4-3-5-8-14)20-18(21)16-10-6-9-15(16)12-19/h3-5,7-8,13,15-17H,6,9-12,19H2,1-2H3,(H,20,21). The summed E-state index contributed by atoms with van der Waals surface area (Å²) in [5, 5.41) is 3.28. The van der Waals surface area contributed by atoms with E-state index in [1.807, 2.05) is 18.2 Å². The number of hydrogen-bond donors (Lipinski definition) is 2. The summed E-state index contributed by atoms with van der Waals surface area (Å²) in [6, 6.07) is 10.4. The predicted molar refractivity (Wildman–Crippen MR) is 86.7 cm³/mol. The van der Waals surface area contributed by atoms with E-state index in [1.165, 1.54) is 5.56 Å². The number of carbonyl (C=O) groups excluding carboxylic acids is 1. The summed E-state index contributed by atoms with van der Waals surface area (Å²) in [4.78, 5) is 12.6. The quantitative estimate of drug-likeness (QED) is 0.844. The van der Waals surface area contributed by atoms with E-state index >= 15 is 0 Å². The fraction of sp³-hybridized carbons (Fsp3) is 0.611. The molecule has 1 saturated carbocycles. The third-order valence-electron chi connectivity index (χ3n) is 4.52. The Bertz CT molecular complexity index is 444. The molecule has 1 aromatic rings. The van der Waals surface area contributed by atoms with Crippen LogP contribution in [0.15, 0.2) is 30.3 Å². The lowest BCUT2D eigenvalue weighted by Gasteiger charge is -2.25. The van der Waals surface area contributed by atoms with Crippen LogP contribution in [0.2, 0.25) is 0 Å². The molecule has 1 aliphatic carbocycles. The molecule has 3 unspecified atom stereocenters. The minimum Gasteiger partial charge on any atom is -0.349 e. The van der Waals surface area contributed by atoms with Crippen molar-refractivity contribution in [3.8, 4) is 0 Å². The Labute approximate surface area is 128 Å². The molecule has 0 aliphatic heterocycles. The molecule has 21 heavy (non-hydrogen) atoms. The van der Waals surface area contributed by atoms with Crippen molar-refractivity contribution in [2.75, 3.05) is 6.54 Å². The molecule has 1 amide bonds. The van der Waals surface area contributed by atoms with Crippen molar-refractivity contribution < 1.29 is 4.79 Å². The van der Waals surface area contributed by atoms with Crippen LogP contribution in [-0.4, -0.2) is 12.5 Å². The second kappa shape index (κ2) is 7.60. The first-order valence-electron chi connectivity index (χ1n) is 8.17. The van der Waals surface area contributed by atoms with Gasteiger partial charge in [0.2, 0.25) is 5.91 Å². The van der Waals surface area contributed by atoms with Crippen molar-refractivity contribution in [2.45, 2.75) is 45.6 Å². The smallest absolute Gasteiger partial charge is 0.223 e. The zero-order valence-electron chi connectivity index (χ0n) is 13.2. The van der Waals surface area contributed by atoms with Crippen molar-refractivity contribution in [2.24, 2.45) is 23.5 Å². The fourth-order valence-electron chi connectivity index (χ4n) is 3.38. The van der Waals surface area contributed by atoms with Crippen molar-refractivity contribution >= 4 is 5.91 Å². The first kappa shape index (κ1) is 16.0. The molecule has 3 N–H and O–H groups in total. The Morgan fingerprint density at radius 1 is 1.29 bits per heavy atom. The zero-order valence-corrected chi connectivity index (χ0v) is 13.2. The molecule has 3 heteroatoms. The average molecular weight is 288 g/mol. The molecule has 0 aromatic heterocycles. The molecule has 1 fully saturated rings. The first-order chi connectivity index (χ1) is 10.1. The largest absolute Gasteiger partial charge is 0.349 e. The van der Waals surface area contributed by atoms with Crippen LogP contribution in [0.4, 0.5) is 0 Å². The number of nitrogens with one attached hydrogen (secondary N) is 1. The normalized spacial score (nSPS) is 23.2. The monoisotopic (exact) mass is 288 g/mol. The molecule has 116 valence electrons. The van der Waals surface area contributed by atoms with Crippen molar-refractivity contribution in [1.29, 1.82) is 0 Å². The SMILES string of the molecule is CC(C)CC(NC(=O)C1CCCC1CN)c1ccccc1. The summed E-state index contributed by atoms with van der Waals surface area (Å²) in [6.45, 7) is 5.01. The van der Waals surface area contributed by atoms with Gasteiger partial charge in [-0.25, -0.2) is 0 Å². The number of benzene rings is 1. The van der Waals surface area contributed by atoms with Gasteiger partial charge < -0.3 is 11.1 Å². The first-order valence-corrected chi connectivity index (χ1v) is 8.17. The van der Waals surface area contributed by atoms with E-state index < -0.39 is 0 Å². The summed E-state index contributed by atoms with van der Waals surface area (Å²) in [6.07, 6.45) is 4.17. The Kier molecular flexibility index (Phi) is 5.80. The lowest BCUT2D eigenvalue weighted by atomic mass is 9.92. The van der Waals surface area contributed by atoms with Gasteiger partial charge in [0.15, 0.2) is 0 Å². The van der Waals surface area contributed by atoms with E-state index in [-0.39, 0.29) is 17.9 Å². The maximum atomic E-state index is 12.6. The molecule has 1 aromatic carbocycles. The summed E-state index contributed by atoms with van der Waals surface area (Å²) < 4.78 is 0. The van der Waals surface area contributed by atoms with Crippen molar-refractivity contribution in [3.05, 3.63) is 35.9 Å². The molecular formula is C18H28N2O. The highest BCUT2D eigenvalue weighted by Gasteiger charge is 2.33. The third kappa shape index (κ3) is 4.31. The van der Waals surface area contributed by atoms with Crippen LogP contribution in [0.5, 0.6) is 0 Å². The summed E-state index contributed by atoms with van der Waals surface area (Å²) in [5.41, 5.74) is 7.00. The maximum Gasteiger partial charge on any atom is 0.223 e. The van der Waals surface area contributed by atoms with Gasteiger partial charge in [0.1, 0.15) is 0 Å². The van der Waals surface area contributed by atoms with E-state index in [4.69, 9.17) is 5.73 Å².